The van der Waals surface area contributed by atoms with Crippen LogP contribution in [0.5, 0.6) is 0 Å². The minimum Gasteiger partial charge on any atom is -0.573 e. The van der Waals surface area contributed by atoms with E-state index >= 15 is 0 Å². The number of sulfonamides is 1. The molecule has 0 saturated heterocycles. The zero-order chi connectivity index (χ0) is 14.0. The van der Waals surface area contributed by atoms with Gasteiger partial charge in [-0.25, -0.2) is 12.8 Å². The minimum atomic E-state index is -3.92. The van der Waals surface area contributed by atoms with Gasteiger partial charge in [0.05, 0.1) is 4.90 Å². The van der Waals surface area contributed by atoms with Crippen molar-refractivity contribution in [1.82, 2.24) is 0 Å². The van der Waals surface area contributed by atoms with Crippen molar-refractivity contribution in [3.63, 3.8) is 0 Å². The van der Waals surface area contributed by atoms with E-state index in [1.165, 1.54) is 18.2 Å². The molecule has 2 rings (SSSR count). The minimum absolute atomic E-state index is 0.106. The van der Waals surface area contributed by atoms with Crippen molar-refractivity contribution in [2.75, 3.05) is 0 Å². The Hall–Kier alpha value is -1.30. The third kappa shape index (κ3) is 3.59. The third-order valence-corrected chi connectivity index (χ3v) is 3.94. The quantitative estimate of drug-likeness (QED) is 0.834. The fourth-order valence-electron chi connectivity index (χ4n) is 1.39. The van der Waals surface area contributed by atoms with Crippen LogP contribution in [-0.2, 0) is 10.0 Å². The van der Waals surface area contributed by atoms with Crippen LogP contribution in [0.1, 0.15) is 0 Å². The first kappa shape index (κ1) is 14.1. The summed E-state index contributed by atoms with van der Waals surface area (Å²) in [6.45, 7) is 0. The smallest absolute Gasteiger partial charge is 0.123 e. The summed E-state index contributed by atoms with van der Waals surface area (Å²) in [7, 11) is -3.92. The standard InChI is InChI=1S/C12H7Cl2FNO2S/c13-8-5-9(14)7-11(6-8)16-19(17,18)12-3-1-10(15)2-4-12/h1-7H/q-1. The highest BCUT2D eigenvalue weighted by atomic mass is 35.5. The number of hydrogen-bond acceptors (Lipinski definition) is 2. The molecule has 0 aromatic heterocycles. The maximum Gasteiger partial charge on any atom is 0.123 e. The van der Waals surface area contributed by atoms with Crippen molar-refractivity contribution >= 4 is 38.9 Å². The van der Waals surface area contributed by atoms with E-state index < -0.39 is 15.8 Å². The van der Waals surface area contributed by atoms with E-state index in [2.05, 4.69) is 4.72 Å². The van der Waals surface area contributed by atoms with Crippen molar-refractivity contribution in [2.45, 2.75) is 4.90 Å². The monoisotopic (exact) mass is 318 g/mol. The Kier molecular flexibility index (Phi) is 3.99. The largest absolute Gasteiger partial charge is 0.573 e. The third-order valence-electron chi connectivity index (χ3n) is 2.18. The van der Waals surface area contributed by atoms with Gasteiger partial charge < -0.3 is 4.72 Å². The molecule has 0 fully saturated rings. The molecule has 0 unspecified atom stereocenters. The molecular formula is C12H7Cl2FNO2S-. The lowest BCUT2D eigenvalue weighted by Gasteiger charge is -2.22. The molecule has 0 N–H and O–H groups in total. The van der Waals surface area contributed by atoms with Gasteiger partial charge in [0.1, 0.15) is 15.8 Å². The van der Waals surface area contributed by atoms with Gasteiger partial charge in [0.2, 0.25) is 0 Å². The second-order valence-electron chi connectivity index (χ2n) is 3.65. The molecule has 0 aliphatic rings. The lowest BCUT2D eigenvalue weighted by molar-refractivity contribution is 0.601. The molecule has 3 nitrogen and oxygen atoms in total. The van der Waals surface area contributed by atoms with Gasteiger partial charge in [0.15, 0.2) is 0 Å². The van der Waals surface area contributed by atoms with E-state index in [0.29, 0.717) is 0 Å². The molecule has 0 spiro atoms. The Morgan fingerprint density at radius 2 is 1.47 bits per heavy atom. The first-order valence-corrected chi connectivity index (χ1v) is 7.26. The Bertz CT molecular complexity index is 682. The molecule has 19 heavy (non-hydrogen) atoms. The molecule has 0 radical (unpaired) electrons. The molecule has 0 heterocycles. The maximum atomic E-state index is 12.7. The fraction of sp³-hybridized carbons (Fsp3) is 0. The van der Waals surface area contributed by atoms with Crippen LogP contribution in [0, 0.1) is 5.82 Å². The van der Waals surface area contributed by atoms with Crippen LogP contribution in [-0.4, -0.2) is 8.42 Å². The van der Waals surface area contributed by atoms with Gasteiger partial charge in [0.25, 0.3) is 0 Å². The molecule has 7 heteroatoms. The molecule has 0 atom stereocenters. The molecule has 0 amide bonds. The molecule has 2 aromatic carbocycles. The van der Waals surface area contributed by atoms with Crippen molar-refractivity contribution < 1.29 is 12.8 Å². The van der Waals surface area contributed by atoms with Gasteiger partial charge in [-0.15, -0.1) is 5.69 Å². The first-order chi connectivity index (χ1) is 8.87. The number of benzene rings is 2. The van der Waals surface area contributed by atoms with Gasteiger partial charge in [-0.1, -0.05) is 35.3 Å². The zero-order valence-electron chi connectivity index (χ0n) is 9.35. The summed E-state index contributed by atoms with van der Waals surface area (Å²) in [5, 5.41) is 0.557. The lowest BCUT2D eigenvalue weighted by atomic mass is 10.3. The average Bonchev–Trinajstić information content (AvgIpc) is 2.27. The Balaban J connectivity index is 2.33. The summed E-state index contributed by atoms with van der Waals surface area (Å²) in [5.74, 6) is -0.523. The van der Waals surface area contributed by atoms with E-state index in [4.69, 9.17) is 23.2 Å². The predicted molar refractivity (Wildman–Crippen MR) is 73.1 cm³/mol. The van der Waals surface area contributed by atoms with Crippen LogP contribution >= 0.6 is 23.2 Å². The maximum absolute atomic E-state index is 12.7. The van der Waals surface area contributed by atoms with Crippen LogP contribution in [0.2, 0.25) is 10.0 Å². The number of hydrogen-bond donors (Lipinski definition) is 0. The van der Waals surface area contributed by atoms with E-state index in [1.807, 2.05) is 0 Å². The summed E-state index contributed by atoms with van der Waals surface area (Å²) < 4.78 is 40.3. The number of rotatable bonds is 3. The fourth-order valence-corrected chi connectivity index (χ4v) is 2.87. The van der Waals surface area contributed by atoms with Gasteiger partial charge in [-0.3, -0.25) is 0 Å². The normalized spacial score (nSPS) is 11.3. The van der Waals surface area contributed by atoms with Crippen molar-refractivity contribution in [1.29, 1.82) is 0 Å². The van der Waals surface area contributed by atoms with Crippen molar-refractivity contribution in [3.8, 4) is 0 Å². The molecule has 2 aromatic rings. The average molecular weight is 319 g/mol. The van der Waals surface area contributed by atoms with E-state index in [1.54, 1.807) is 0 Å². The summed E-state index contributed by atoms with van der Waals surface area (Å²) in [6, 6.07) is 8.58. The van der Waals surface area contributed by atoms with Crippen LogP contribution in [0.15, 0.2) is 47.4 Å². The molecule has 0 aliphatic carbocycles. The van der Waals surface area contributed by atoms with E-state index in [0.717, 1.165) is 24.3 Å². The molecule has 0 saturated carbocycles. The number of halogens is 3. The highest BCUT2D eigenvalue weighted by Crippen LogP contribution is 2.32. The Morgan fingerprint density at radius 1 is 0.947 bits per heavy atom. The van der Waals surface area contributed by atoms with Gasteiger partial charge in [-0.05, 0) is 30.3 Å². The number of nitrogens with zero attached hydrogens (tertiary/aromatic N) is 1. The van der Waals surface area contributed by atoms with E-state index in [-0.39, 0.29) is 20.6 Å². The second-order valence-corrected chi connectivity index (χ2v) is 6.12. The Morgan fingerprint density at radius 3 is 2.00 bits per heavy atom. The Labute approximate surface area is 120 Å². The summed E-state index contributed by atoms with van der Waals surface area (Å²) in [4.78, 5) is -0.106. The molecule has 0 aliphatic heterocycles. The topological polar surface area (TPSA) is 48.2 Å². The summed E-state index contributed by atoms with van der Waals surface area (Å²) in [5.41, 5.74) is 0.113. The predicted octanol–water partition coefficient (Wildman–Crippen LogP) is 4.53. The zero-order valence-corrected chi connectivity index (χ0v) is 11.7. The van der Waals surface area contributed by atoms with Crippen LogP contribution in [0.3, 0.4) is 0 Å². The SMILES string of the molecule is O=S(=O)([N-]c1cc(Cl)cc(Cl)c1)c1ccc(F)cc1. The molecular weight excluding hydrogens is 312 g/mol. The van der Waals surface area contributed by atoms with Gasteiger partial charge in [-0.2, -0.15) is 0 Å². The highest BCUT2D eigenvalue weighted by Gasteiger charge is 2.05. The summed E-state index contributed by atoms with van der Waals surface area (Å²) >= 11 is 11.5. The first-order valence-electron chi connectivity index (χ1n) is 5.06. The van der Waals surface area contributed by atoms with Crippen LogP contribution in [0.4, 0.5) is 10.1 Å². The highest BCUT2D eigenvalue weighted by molar-refractivity contribution is 7.94. The lowest BCUT2D eigenvalue weighted by Crippen LogP contribution is -1.97. The van der Waals surface area contributed by atoms with Crippen LogP contribution < -0.4 is 0 Å². The molecule has 100 valence electrons. The van der Waals surface area contributed by atoms with Gasteiger partial charge in [0, 0.05) is 10.0 Å². The van der Waals surface area contributed by atoms with Crippen LogP contribution in [0.25, 0.3) is 4.72 Å². The van der Waals surface area contributed by atoms with Gasteiger partial charge >= 0.3 is 0 Å². The van der Waals surface area contributed by atoms with E-state index in [9.17, 15) is 12.8 Å². The summed E-state index contributed by atoms with van der Waals surface area (Å²) in [6.07, 6.45) is 0. The molecule has 0 bridgehead atoms. The van der Waals surface area contributed by atoms with Crippen molar-refractivity contribution in [3.05, 3.63) is 63.0 Å². The van der Waals surface area contributed by atoms with Crippen molar-refractivity contribution in [2.24, 2.45) is 0 Å². The second kappa shape index (κ2) is 5.36.